The summed E-state index contributed by atoms with van der Waals surface area (Å²) in [5.74, 6) is -0.0861. The van der Waals surface area contributed by atoms with Gasteiger partial charge in [0.15, 0.2) is 0 Å². The topological polar surface area (TPSA) is 32.3 Å². The van der Waals surface area contributed by atoms with Gasteiger partial charge < -0.3 is 9.84 Å². The monoisotopic (exact) mass is 482 g/mol. The maximum atomic E-state index is 13.1. The standard InChI is InChI=1S/C31H47O2P/c1-26(22-23-27-14-6-2-7-15-27)33-31(32)24-25-34(28-16-8-3-9-17-28,29-18-10-4-11-19-29)30-20-12-5-13-21-30/h2,6-7,14-15,22-24,26,28-30H,3-5,8-13,16-21,25H2,1H3/b23-22+,31-24+. The van der Waals surface area contributed by atoms with Crippen molar-refractivity contribution in [2.24, 2.45) is 0 Å². The predicted molar refractivity (Wildman–Crippen MR) is 147 cm³/mol. The molecule has 0 bridgehead atoms. The summed E-state index contributed by atoms with van der Waals surface area (Å²) in [5, 5.41) is 13.1. The summed E-state index contributed by atoms with van der Waals surface area (Å²) in [7, 11) is -1.26. The summed E-state index contributed by atoms with van der Waals surface area (Å²) in [6.45, 7) is 1.98. The lowest BCUT2D eigenvalue weighted by molar-refractivity contribution is -0.360. The van der Waals surface area contributed by atoms with Crippen LogP contribution < -0.4 is 5.11 Å². The van der Waals surface area contributed by atoms with Crippen molar-refractivity contribution in [2.75, 3.05) is 6.16 Å². The number of rotatable bonds is 9. The molecule has 3 aliphatic carbocycles. The SMILES string of the molecule is CC(/C=C/c1ccccc1)O/C([O-])=C/C[P+](C1CCCCC1)(C1CCCCC1)C1CCCCC1. The van der Waals surface area contributed by atoms with Crippen molar-refractivity contribution < 1.29 is 9.84 Å². The molecule has 188 valence electrons. The number of allylic oxidation sites excluding steroid dienone is 1. The molecule has 0 radical (unpaired) electrons. The fraction of sp³-hybridized carbons (Fsp3) is 0.677. The first-order valence-electron chi connectivity index (χ1n) is 14.3. The molecular formula is C31H47O2P. The van der Waals surface area contributed by atoms with Gasteiger partial charge in [0.1, 0.15) is 0 Å². The normalized spacial score (nSPS) is 23.3. The minimum atomic E-state index is -1.26. The van der Waals surface area contributed by atoms with Crippen LogP contribution in [0.15, 0.2) is 48.4 Å². The van der Waals surface area contributed by atoms with E-state index in [1.165, 1.54) is 96.3 Å². The van der Waals surface area contributed by atoms with Crippen LogP contribution in [0.5, 0.6) is 0 Å². The minimum absolute atomic E-state index is 0.0861. The largest absolute Gasteiger partial charge is 0.606 e. The molecule has 0 aromatic heterocycles. The first-order valence-corrected chi connectivity index (χ1v) is 16.5. The van der Waals surface area contributed by atoms with E-state index < -0.39 is 7.26 Å². The van der Waals surface area contributed by atoms with E-state index in [1.807, 2.05) is 37.3 Å². The first-order chi connectivity index (χ1) is 16.7. The molecule has 0 N–H and O–H groups in total. The molecule has 34 heavy (non-hydrogen) atoms. The summed E-state index contributed by atoms with van der Waals surface area (Å²) >= 11 is 0. The zero-order valence-corrected chi connectivity index (χ0v) is 22.4. The molecule has 1 atom stereocenters. The van der Waals surface area contributed by atoms with Crippen LogP contribution in [0.4, 0.5) is 0 Å². The Morgan fingerprint density at radius 3 is 1.76 bits per heavy atom. The Morgan fingerprint density at radius 2 is 1.29 bits per heavy atom. The van der Waals surface area contributed by atoms with Gasteiger partial charge in [-0.05, 0) is 95.6 Å². The Bertz CT molecular complexity index is 722. The summed E-state index contributed by atoms with van der Waals surface area (Å²) in [4.78, 5) is 0. The second-order valence-electron chi connectivity index (χ2n) is 11.2. The highest BCUT2D eigenvalue weighted by molar-refractivity contribution is 7.78. The average Bonchev–Trinajstić information content (AvgIpc) is 2.90. The molecule has 3 fully saturated rings. The molecule has 0 aliphatic heterocycles. The van der Waals surface area contributed by atoms with Gasteiger partial charge in [-0.25, -0.2) is 0 Å². The van der Waals surface area contributed by atoms with Crippen molar-refractivity contribution in [1.82, 2.24) is 0 Å². The van der Waals surface area contributed by atoms with Gasteiger partial charge in [0.05, 0.1) is 29.1 Å². The van der Waals surface area contributed by atoms with Crippen molar-refractivity contribution in [3.05, 3.63) is 54.0 Å². The molecule has 3 saturated carbocycles. The van der Waals surface area contributed by atoms with Crippen LogP contribution in [-0.4, -0.2) is 29.2 Å². The Balaban J connectivity index is 1.52. The third kappa shape index (κ3) is 6.69. The van der Waals surface area contributed by atoms with Gasteiger partial charge in [0.2, 0.25) is 0 Å². The lowest BCUT2D eigenvalue weighted by atomic mass is 9.99. The number of ether oxygens (including phenoxy) is 1. The van der Waals surface area contributed by atoms with Crippen molar-refractivity contribution in [3.8, 4) is 0 Å². The summed E-state index contributed by atoms with van der Waals surface area (Å²) in [5.41, 5.74) is 3.87. The Labute approximate surface area is 209 Å². The fourth-order valence-corrected chi connectivity index (χ4v) is 14.5. The van der Waals surface area contributed by atoms with Crippen LogP contribution in [0.25, 0.3) is 6.08 Å². The van der Waals surface area contributed by atoms with E-state index in [9.17, 15) is 5.11 Å². The van der Waals surface area contributed by atoms with Crippen LogP contribution in [0.3, 0.4) is 0 Å². The van der Waals surface area contributed by atoms with Gasteiger partial charge in [0.25, 0.3) is 0 Å². The highest BCUT2D eigenvalue weighted by atomic mass is 31.2. The van der Waals surface area contributed by atoms with Crippen LogP contribution in [0.2, 0.25) is 0 Å². The number of hydrogen-bond acceptors (Lipinski definition) is 2. The predicted octanol–water partition coefficient (Wildman–Crippen LogP) is 8.32. The van der Waals surface area contributed by atoms with E-state index in [-0.39, 0.29) is 12.0 Å². The van der Waals surface area contributed by atoms with Crippen LogP contribution in [0, 0.1) is 0 Å². The molecule has 0 amide bonds. The quantitative estimate of drug-likeness (QED) is 0.262. The maximum absolute atomic E-state index is 13.1. The fourth-order valence-electron chi connectivity index (χ4n) is 7.34. The van der Waals surface area contributed by atoms with Gasteiger partial charge in [0, 0.05) is 13.4 Å². The highest BCUT2D eigenvalue weighted by Crippen LogP contribution is 2.77. The number of benzene rings is 1. The molecule has 4 rings (SSSR count). The molecule has 0 saturated heterocycles. The van der Waals surface area contributed by atoms with Crippen molar-refractivity contribution >= 4 is 13.3 Å². The lowest BCUT2D eigenvalue weighted by Gasteiger charge is -2.48. The first kappa shape index (κ1) is 25.8. The molecule has 1 aromatic carbocycles. The Morgan fingerprint density at radius 1 is 0.824 bits per heavy atom. The third-order valence-corrected chi connectivity index (χ3v) is 15.4. The maximum Gasteiger partial charge on any atom is 0.0801 e. The van der Waals surface area contributed by atoms with E-state index in [0.717, 1.165) is 28.7 Å². The second kappa shape index (κ2) is 13.2. The summed E-state index contributed by atoms with van der Waals surface area (Å²) in [6.07, 6.45) is 28.3. The van der Waals surface area contributed by atoms with Gasteiger partial charge in [-0.15, -0.1) is 0 Å². The molecular weight excluding hydrogens is 435 g/mol. The van der Waals surface area contributed by atoms with E-state index in [2.05, 4.69) is 18.2 Å². The molecule has 3 heteroatoms. The lowest BCUT2D eigenvalue weighted by Crippen LogP contribution is -2.37. The van der Waals surface area contributed by atoms with Crippen molar-refractivity contribution in [1.29, 1.82) is 0 Å². The Hall–Kier alpha value is -1.27. The molecule has 0 heterocycles. The van der Waals surface area contributed by atoms with Gasteiger partial charge in [-0.2, -0.15) is 0 Å². The minimum Gasteiger partial charge on any atom is -0.606 e. The molecule has 1 unspecified atom stereocenters. The van der Waals surface area contributed by atoms with E-state index in [4.69, 9.17) is 4.74 Å². The second-order valence-corrected chi connectivity index (χ2v) is 15.7. The van der Waals surface area contributed by atoms with E-state index in [1.54, 1.807) is 0 Å². The smallest absolute Gasteiger partial charge is 0.0801 e. The molecule has 0 spiro atoms. The molecule has 2 nitrogen and oxygen atoms in total. The van der Waals surface area contributed by atoms with Crippen LogP contribution in [-0.2, 0) is 4.74 Å². The summed E-state index contributed by atoms with van der Waals surface area (Å²) < 4.78 is 5.87. The molecule has 3 aliphatic rings. The zero-order valence-electron chi connectivity index (χ0n) is 21.5. The zero-order chi connectivity index (χ0) is 23.6. The van der Waals surface area contributed by atoms with Gasteiger partial charge in [-0.3, -0.25) is 0 Å². The van der Waals surface area contributed by atoms with Gasteiger partial charge in [-0.1, -0.05) is 61.7 Å². The van der Waals surface area contributed by atoms with E-state index in [0.29, 0.717) is 0 Å². The molecule has 1 aromatic rings. The van der Waals surface area contributed by atoms with E-state index >= 15 is 0 Å². The Kier molecular flexibility index (Phi) is 9.99. The van der Waals surface area contributed by atoms with Gasteiger partial charge >= 0.3 is 0 Å². The third-order valence-electron chi connectivity index (χ3n) is 9.00. The van der Waals surface area contributed by atoms with Crippen LogP contribution in [0.1, 0.15) is 109 Å². The van der Waals surface area contributed by atoms with Crippen molar-refractivity contribution in [3.63, 3.8) is 0 Å². The van der Waals surface area contributed by atoms with Crippen LogP contribution >= 0.6 is 7.26 Å². The average molecular weight is 483 g/mol. The number of hydrogen-bond donors (Lipinski definition) is 0. The van der Waals surface area contributed by atoms with Crippen molar-refractivity contribution in [2.45, 2.75) is 126 Å². The highest BCUT2D eigenvalue weighted by Gasteiger charge is 2.56. The summed E-state index contributed by atoms with van der Waals surface area (Å²) in [6, 6.07) is 10.3.